The highest BCUT2D eigenvalue weighted by Gasteiger charge is 2.12. The Bertz CT molecular complexity index is 436. The summed E-state index contributed by atoms with van der Waals surface area (Å²) in [5.74, 6) is 0. The van der Waals surface area contributed by atoms with Crippen molar-refractivity contribution in [3.05, 3.63) is 29.0 Å². The maximum Gasteiger partial charge on any atom is 0.194 e. The predicted octanol–water partition coefficient (Wildman–Crippen LogP) is 1.97. The second-order valence-electron chi connectivity index (χ2n) is 2.60. The van der Waals surface area contributed by atoms with Crippen LogP contribution in [-0.2, 0) is 6.42 Å². The second kappa shape index (κ2) is 1.74. The van der Waals surface area contributed by atoms with Crippen LogP contribution in [0.5, 0.6) is 0 Å². The maximum atomic E-state index is 4.23. The van der Waals surface area contributed by atoms with Crippen molar-refractivity contribution >= 4 is 22.4 Å². The zero-order valence-corrected chi connectivity index (χ0v) is 6.64. The zero-order chi connectivity index (χ0) is 7.26. The Labute approximate surface area is 67.8 Å². The molecule has 54 valence electrons. The van der Waals surface area contributed by atoms with Crippen LogP contribution in [0.2, 0.25) is 0 Å². The quantitative estimate of drug-likeness (QED) is 0.579. The van der Waals surface area contributed by atoms with E-state index in [1.165, 1.54) is 10.6 Å². The molecular formula is C8H6N2S. The Balaban J connectivity index is 2.52. The first kappa shape index (κ1) is 5.55. The van der Waals surface area contributed by atoms with Crippen molar-refractivity contribution in [2.24, 2.45) is 0 Å². The van der Waals surface area contributed by atoms with Gasteiger partial charge in [0.1, 0.15) is 0 Å². The third kappa shape index (κ3) is 0.587. The van der Waals surface area contributed by atoms with Gasteiger partial charge in [0.05, 0.1) is 4.88 Å². The fourth-order valence-electron chi connectivity index (χ4n) is 1.45. The van der Waals surface area contributed by atoms with Gasteiger partial charge in [-0.1, -0.05) is 17.4 Å². The van der Waals surface area contributed by atoms with Gasteiger partial charge in [-0.15, -0.1) is 0 Å². The van der Waals surface area contributed by atoms with Gasteiger partial charge < -0.3 is 0 Å². The van der Waals surface area contributed by atoms with Crippen LogP contribution >= 0.6 is 11.3 Å². The molecule has 2 heterocycles. The van der Waals surface area contributed by atoms with Crippen LogP contribution in [0.3, 0.4) is 0 Å². The number of hydrogen-bond acceptors (Lipinski definition) is 2. The Morgan fingerprint density at radius 1 is 1.55 bits per heavy atom. The lowest BCUT2D eigenvalue weighted by atomic mass is 10.4. The SMILES string of the molecule is C1=Cc2sc3nccn3c2C1. The van der Waals surface area contributed by atoms with E-state index in [0.717, 1.165) is 11.4 Å². The summed E-state index contributed by atoms with van der Waals surface area (Å²) in [6.45, 7) is 0. The summed E-state index contributed by atoms with van der Waals surface area (Å²) in [6, 6.07) is 0. The summed E-state index contributed by atoms with van der Waals surface area (Å²) in [5.41, 5.74) is 1.39. The molecule has 2 aromatic heterocycles. The van der Waals surface area contributed by atoms with E-state index < -0.39 is 0 Å². The van der Waals surface area contributed by atoms with Gasteiger partial charge in [0.25, 0.3) is 0 Å². The molecule has 0 saturated heterocycles. The first-order valence-corrected chi connectivity index (χ1v) is 4.38. The predicted molar refractivity (Wildman–Crippen MR) is 45.8 cm³/mol. The van der Waals surface area contributed by atoms with Crippen molar-refractivity contribution < 1.29 is 0 Å². The Hall–Kier alpha value is -1.09. The smallest absolute Gasteiger partial charge is 0.194 e. The Morgan fingerprint density at radius 2 is 2.55 bits per heavy atom. The molecule has 0 N–H and O–H groups in total. The average Bonchev–Trinajstić information content (AvgIpc) is 2.52. The standard InChI is InChI=1S/C8H6N2S/c1-2-6-7(3-1)11-8-9-4-5-10(6)8/h1,3-5H,2H2. The molecule has 0 saturated carbocycles. The minimum atomic E-state index is 1.06. The molecule has 0 unspecified atom stereocenters. The molecule has 0 bridgehead atoms. The molecule has 3 rings (SSSR count). The Kier molecular flexibility index (Phi) is 0.876. The largest absolute Gasteiger partial charge is 0.294 e. The van der Waals surface area contributed by atoms with E-state index in [2.05, 4.69) is 21.5 Å². The number of nitrogens with zero attached hydrogens (tertiary/aromatic N) is 2. The summed E-state index contributed by atoms with van der Waals surface area (Å²) in [7, 11) is 0. The second-order valence-corrected chi connectivity index (χ2v) is 3.61. The van der Waals surface area contributed by atoms with Gasteiger partial charge in [0.2, 0.25) is 0 Å². The fraction of sp³-hybridized carbons (Fsp3) is 0.125. The van der Waals surface area contributed by atoms with Gasteiger partial charge in [-0.05, 0) is 6.08 Å². The summed E-state index contributed by atoms with van der Waals surface area (Å²) < 4.78 is 2.17. The third-order valence-corrected chi connectivity index (χ3v) is 3.04. The normalized spacial score (nSPS) is 14.5. The van der Waals surface area contributed by atoms with Gasteiger partial charge in [0.15, 0.2) is 4.96 Å². The molecule has 2 nitrogen and oxygen atoms in total. The van der Waals surface area contributed by atoms with E-state index in [1.54, 1.807) is 11.3 Å². The van der Waals surface area contributed by atoms with E-state index in [4.69, 9.17) is 0 Å². The van der Waals surface area contributed by atoms with Crippen molar-refractivity contribution in [1.82, 2.24) is 9.38 Å². The lowest BCUT2D eigenvalue weighted by molar-refractivity contribution is 1.08. The molecule has 11 heavy (non-hydrogen) atoms. The van der Waals surface area contributed by atoms with Crippen LogP contribution in [0.4, 0.5) is 0 Å². The molecule has 0 amide bonds. The van der Waals surface area contributed by atoms with Gasteiger partial charge in [0, 0.05) is 24.5 Å². The maximum absolute atomic E-state index is 4.23. The fourth-order valence-corrected chi connectivity index (χ4v) is 2.50. The van der Waals surface area contributed by atoms with E-state index in [9.17, 15) is 0 Å². The van der Waals surface area contributed by atoms with Gasteiger partial charge in [-0.25, -0.2) is 4.98 Å². The van der Waals surface area contributed by atoms with Crippen molar-refractivity contribution in [2.75, 3.05) is 0 Å². The minimum absolute atomic E-state index is 1.06. The summed E-state index contributed by atoms with van der Waals surface area (Å²) >= 11 is 1.76. The van der Waals surface area contributed by atoms with Crippen LogP contribution in [0, 0.1) is 0 Å². The molecule has 2 aromatic rings. The number of allylic oxidation sites excluding steroid dienone is 1. The molecule has 3 heteroatoms. The molecule has 1 aliphatic carbocycles. The van der Waals surface area contributed by atoms with E-state index in [1.807, 2.05) is 12.4 Å². The summed E-state index contributed by atoms with van der Waals surface area (Å²) in [5, 5.41) is 0. The van der Waals surface area contributed by atoms with Crippen LogP contribution in [0.25, 0.3) is 11.0 Å². The Morgan fingerprint density at radius 3 is 3.55 bits per heavy atom. The van der Waals surface area contributed by atoms with E-state index in [0.29, 0.717) is 0 Å². The van der Waals surface area contributed by atoms with Gasteiger partial charge in [-0.2, -0.15) is 0 Å². The van der Waals surface area contributed by atoms with Crippen LogP contribution < -0.4 is 0 Å². The monoisotopic (exact) mass is 162 g/mol. The van der Waals surface area contributed by atoms with E-state index >= 15 is 0 Å². The number of hydrogen-bond donors (Lipinski definition) is 0. The number of thiazole rings is 1. The lowest BCUT2D eigenvalue weighted by Crippen LogP contribution is -1.84. The highest BCUT2D eigenvalue weighted by molar-refractivity contribution is 7.18. The van der Waals surface area contributed by atoms with Gasteiger partial charge >= 0.3 is 0 Å². The third-order valence-electron chi connectivity index (χ3n) is 1.96. The molecule has 0 aliphatic heterocycles. The van der Waals surface area contributed by atoms with Crippen LogP contribution in [0.15, 0.2) is 18.5 Å². The summed E-state index contributed by atoms with van der Waals surface area (Å²) in [6.07, 6.45) is 9.31. The molecule has 0 spiro atoms. The molecule has 0 aromatic carbocycles. The van der Waals surface area contributed by atoms with Crippen molar-refractivity contribution in [3.8, 4) is 0 Å². The molecule has 1 aliphatic rings. The zero-order valence-electron chi connectivity index (χ0n) is 5.82. The van der Waals surface area contributed by atoms with E-state index in [-0.39, 0.29) is 0 Å². The first-order valence-electron chi connectivity index (χ1n) is 3.56. The first-order chi connectivity index (χ1) is 5.45. The van der Waals surface area contributed by atoms with Crippen molar-refractivity contribution in [2.45, 2.75) is 6.42 Å². The molecule has 0 radical (unpaired) electrons. The summed E-state index contributed by atoms with van der Waals surface area (Å²) in [4.78, 5) is 6.71. The minimum Gasteiger partial charge on any atom is -0.294 e. The topological polar surface area (TPSA) is 17.3 Å². The highest BCUT2D eigenvalue weighted by atomic mass is 32.1. The number of rotatable bonds is 0. The number of fused-ring (bicyclic) bond motifs is 3. The van der Waals surface area contributed by atoms with Crippen LogP contribution in [0.1, 0.15) is 10.6 Å². The lowest BCUT2D eigenvalue weighted by Gasteiger charge is -1.88. The van der Waals surface area contributed by atoms with Gasteiger partial charge in [-0.3, -0.25) is 4.40 Å². The van der Waals surface area contributed by atoms with Crippen molar-refractivity contribution in [3.63, 3.8) is 0 Å². The molecule has 0 fully saturated rings. The number of imidazole rings is 1. The number of aromatic nitrogens is 2. The highest BCUT2D eigenvalue weighted by Crippen LogP contribution is 2.28. The molecule has 0 atom stereocenters. The average molecular weight is 162 g/mol. The molecular weight excluding hydrogens is 156 g/mol. The van der Waals surface area contributed by atoms with Crippen molar-refractivity contribution in [1.29, 1.82) is 0 Å². The van der Waals surface area contributed by atoms with Crippen LogP contribution in [-0.4, -0.2) is 9.38 Å².